The van der Waals surface area contributed by atoms with Gasteiger partial charge in [0.05, 0.1) is 0 Å². The van der Waals surface area contributed by atoms with Gasteiger partial charge in [-0.05, 0) is 19.9 Å². The number of aromatic amines is 1. The van der Waals surface area contributed by atoms with Crippen LogP contribution in [0.1, 0.15) is 33.5 Å². The van der Waals surface area contributed by atoms with Crippen molar-refractivity contribution in [2.24, 2.45) is 0 Å². The Morgan fingerprint density at radius 2 is 2.08 bits per heavy atom. The number of carboxylic acids is 1. The highest BCUT2D eigenvalue weighted by molar-refractivity contribution is 6.04. The van der Waals surface area contributed by atoms with Crippen LogP contribution in [0.5, 0.6) is 0 Å². The van der Waals surface area contributed by atoms with E-state index < -0.39 is 5.97 Å². The number of H-pyrrole nitrogens is 1. The van der Waals surface area contributed by atoms with E-state index >= 15 is 0 Å². The Labute approximate surface area is 69.2 Å². The molecule has 0 bridgehead atoms. The maximum Gasteiger partial charge on any atom is 0.353 e. The number of hydrogen-bond donors (Lipinski definition) is 2. The van der Waals surface area contributed by atoms with E-state index in [1.807, 2.05) is 0 Å². The van der Waals surface area contributed by atoms with E-state index in [0.29, 0.717) is 5.69 Å². The quantitative estimate of drug-likeness (QED) is 0.650. The van der Waals surface area contributed by atoms with Gasteiger partial charge in [-0.15, -0.1) is 0 Å². The van der Waals surface area contributed by atoms with Crippen LogP contribution in [0.2, 0.25) is 0 Å². The van der Waals surface area contributed by atoms with Gasteiger partial charge in [0.1, 0.15) is 5.69 Å². The van der Waals surface area contributed by atoms with E-state index in [1.165, 1.54) is 13.0 Å². The number of hydrogen-bond acceptors (Lipinski definition) is 2. The van der Waals surface area contributed by atoms with Crippen LogP contribution in [0, 0.1) is 6.92 Å². The number of rotatable bonds is 2. The number of aromatic nitrogens is 1. The molecule has 0 aromatic carbocycles. The molecule has 64 valence electrons. The topological polar surface area (TPSA) is 70.2 Å². The zero-order valence-electron chi connectivity index (χ0n) is 6.84. The lowest BCUT2D eigenvalue weighted by Crippen LogP contribution is -2.03. The Morgan fingerprint density at radius 3 is 2.42 bits per heavy atom. The largest absolute Gasteiger partial charge is 0.477 e. The number of aromatic carboxylic acids is 1. The number of carboxylic acid groups (broad SMARTS) is 1. The lowest BCUT2D eigenvalue weighted by molar-refractivity contribution is 0.0686. The lowest BCUT2D eigenvalue weighted by Gasteiger charge is -1.91. The normalized spacial score (nSPS) is 9.83. The molecular formula is C8H9NO3. The molecule has 1 heterocycles. The van der Waals surface area contributed by atoms with E-state index in [-0.39, 0.29) is 17.0 Å². The summed E-state index contributed by atoms with van der Waals surface area (Å²) in [6.45, 7) is 3.05. The molecule has 0 unspecified atom stereocenters. The van der Waals surface area contributed by atoms with Gasteiger partial charge in [0, 0.05) is 11.3 Å². The van der Waals surface area contributed by atoms with Gasteiger partial charge < -0.3 is 10.1 Å². The third kappa shape index (κ3) is 1.37. The Kier molecular flexibility index (Phi) is 1.99. The molecule has 4 nitrogen and oxygen atoms in total. The first kappa shape index (κ1) is 8.52. The van der Waals surface area contributed by atoms with Gasteiger partial charge in [0.25, 0.3) is 0 Å². The number of aryl methyl sites for hydroxylation is 1. The van der Waals surface area contributed by atoms with Crippen LogP contribution in [0.25, 0.3) is 0 Å². The maximum atomic E-state index is 10.9. The smallest absolute Gasteiger partial charge is 0.353 e. The molecule has 0 fully saturated rings. The summed E-state index contributed by atoms with van der Waals surface area (Å²) in [4.78, 5) is 24.1. The summed E-state index contributed by atoms with van der Waals surface area (Å²) in [7, 11) is 0. The molecule has 4 heteroatoms. The average Bonchev–Trinajstić information content (AvgIpc) is 2.31. The Balaban J connectivity index is 3.26. The van der Waals surface area contributed by atoms with Crippen molar-refractivity contribution in [1.29, 1.82) is 0 Å². The van der Waals surface area contributed by atoms with Crippen molar-refractivity contribution in [2.45, 2.75) is 13.8 Å². The van der Waals surface area contributed by atoms with Crippen LogP contribution < -0.4 is 0 Å². The fraction of sp³-hybridized carbons (Fsp3) is 0.250. The minimum Gasteiger partial charge on any atom is -0.477 e. The van der Waals surface area contributed by atoms with Crippen LogP contribution in [0.15, 0.2) is 6.07 Å². The molecular weight excluding hydrogens is 158 g/mol. The lowest BCUT2D eigenvalue weighted by atomic mass is 10.2. The van der Waals surface area contributed by atoms with Crippen molar-refractivity contribution in [3.05, 3.63) is 23.0 Å². The highest BCUT2D eigenvalue weighted by Gasteiger charge is 2.15. The SMILES string of the molecule is CC(=O)c1cc(C)[nH]c1C(=O)O. The van der Waals surface area contributed by atoms with Crippen molar-refractivity contribution in [3.63, 3.8) is 0 Å². The van der Waals surface area contributed by atoms with Gasteiger partial charge >= 0.3 is 5.97 Å². The second kappa shape index (κ2) is 2.81. The summed E-state index contributed by atoms with van der Waals surface area (Å²) >= 11 is 0. The molecule has 0 atom stereocenters. The molecule has 1 rings (SSSR count). The third-order valence-corrected chi connectivity index (χ3v) is 1.55. The van der Waals surface area contributed by atoms with E-state index in [0.717, 1.165) is 0 Å². The number of ketones is 1. The predicted molar refractivity (Wildman–Crippen MR) is 42.5 cm³/mol. The molecule has 0 radical (unpaired) electrons. The monoisotopic (exact) mass is 167 g/mol. The number of carbonyl (C=O) groups excluding carboxylic acids is 1. The first-order valence-corrected chi connectivity index (χ1v) is 3.46. The van der Waals surface area contributed by atoms with Crippen molar-refractivity contribution in [3.8, 4) is 0 Å². The molecule has 1 aromatic rings. The number of Topliss-reactive ketones (excluding diaryl/α,β-unsaturated/α-hetero) is 1. The average molecular weight is 167 g/mol. The maximum absolute atomic E-state index is 10.9. The highest BCUT2D eigenvalue weighted by Crippen LogP contribution is 2.10. The number of nitrogens with one attached hydrogen (secondary N) is 1. The van der Waals surface area contributed by atoms with Crippen LogP contribution >= 0.6 is 0 Å². The van der Waals surface area contributed by atoms with Gasteiger partial charge in [-0.25, -0.2) is 4.79 Å². The van der Waals surface area contributed by atoms with Crippen LogP contribution in [-0.2, 0) is 0 Å². The molecule has 12 heavy (non-hydrogen) atoms. The van der Waals surface area contributed by atoms with Crippen molar-refractivity contribution >= 4 is 11.8 Å². The number of carbonyl (C=O) groups is 2. The van der Waals surface area contributed by atoms with Crippen LogP contribution in [0.3, 0.4) is 0 Å². The summed E-state index contributed by atoms with van der Waals surface area (Å²) in [6.07, 6.45) is 0. The van der Waals surface area contributed by atoms with Crippen LogP contribution in [-0.4, -0.2) is 21.8 Å². The Bertz CT molecular complexity index is 307. The molecule has 0 aliphatic heterocycles. The van der Waals surface area contributed by atoms with Gasteiger partial charge in [-0.1, -0.05) is 0 Å². The van der Waals surface area contributed by atoms with Gasteiger partial charge in [-0.3, -0.25) is 4.79 Å². The van der Waals surface area contributed by atoms with Crippen LogP contribution in [0.4, 0.5) is 0 Å². The standard InChI is InChI=1S/C8H9NO3/c1-4-3-6(5(2)10)7(9-4)8(11)12/h3,9H,1-2H3,(H,11,12). The van der Waals surface area contributed by atoms with Crippen molar-refractivity contribution in [2.75, 3.05) is 0 Å². The molecule has 0 spiro atoms. The first-order valence-electron chi connectivity index (χ1n) is 3.46. The highest BCUT2D eigenvalue weighted by atomic mass is 16.4. The molecule has 1 aromatic heterocycles. The fourth-order valence-corrected chi connectivity index (χ4v) is 1.04. The second-order valence-corrected chi connectivity index (χ2v) is 2.60. The van der Waals surface area contributed by atoms with Crippen molar-refractivity contribution in [1.82, 2.24) is 4.98 Å². The van der Waals surface area contributed by atoms with Gasteiger partial charge in [0.15, 0.2) is 5.78 Å². The van der Waals surface area contributed by atoms with Gasteiger partial charge in [-0.2, -0.15) is 0 Å². The molecule has 0 aliphatic carbocycles. The Morgan fingerprint density at radius 1 is 1.50 bits per heavy atom. The predicted octanol–water partition coefficient (Wildman–Crippen LogP) is 1.22. The third-order valence-electron chi connectivity index (χ3n) is 1.55. The summed E-state index contributed by atoms with van der Waals surface area (Å²) in [5.74, 6) is -1.34. The van der Waals surface area contributed by atoms with Gasteiger partial charge in [0.2, 0.25) is 0 Å². The van der Waals surface area contributed by atoms with E-state index in [1.54, 1.807) is 6.92 Å². The van der Waals surface area contributed by atoms with Crippen molar-refractivity contribution < 1.29 is 14.7 Å². The Hall–Kier alpha value is -1.58. The first-order chi connectivity index (χ1) is 5.52. The summed E-state index contributed by atoms with van der Waals surface area (Å²) in [5, 5.41) is 8.64. The zero-order chi connectivity index (χ0) is 9.30. The summed E-state index contributed by atoms with van der Waals surface area (Å²) in [5.41, 5.74) is 0.887. The molecule has 0 amide bonds. The summed E-state index contributed by atoms with van der Waals surface area (Å²) < 4.78 is 0. The van der Waals surface area contributed by atoms with E-state index in [4.69, 9.17) is 5.11 Å². The molecule has 0 saturated carbocycles. The summed E-state index contributed by atoms with van der Waals surface area (Å²) in [6, 6.07) is 1.53. The minimum atomic E-state index is -1.10. The fourth-order valence-electron chi connectivity index (χ4n) is 1.04. The molecule has 2 N–H and O–H groups in total. The molecule has 0 aliphatic rings. The molecule has 0 saturated heterocycles. The van der Waals surface area contributed by atoms with E-state index in [9.17, 15) is 9.59 Å². The van der Waals surface area contributed by atoms with E-state index in [2.05, 4.69) is 4.98 Å². The second-order valence-electron chi connectivity index (χ2n) is 2.60. The minimum absolute atomic E-state index is 0.0278. The zero-order valence-corrected chi connectivity index (χ0v) is 6.84.